The predicted octanol–water partition coefficient (Wildman–Crippen LogP) is 0.920. The fourth-order valence-corrected chi connectivity index (χ4v) is 2.45. The van der Waals surface area contributed by atoms with E-state index >= 15 is 0 Å². The zero-order valence-corrected chi connectivity index (χ0v) is 9.05. The van der Waals surface area contributed by atoms with Crippen LogP contribution in [-0.4, -0.2) is 34.6 Å². The molecule has 1 aliphatic heterocycles. The molecule has 4 nitrogen and oxygen atoms in total. The maximum Gasteiger partial charge on any atom is 0.137 e. The van der Waals surface area contributed by atoms with Crippen LogP contribution in [0.5, 0.6) is 0 Å². The molecule has 0 spiro atoms. The maximum atomic E-state index is 5.74. The van der Waals surface area contributed by atoms with Crippen molar-refractivity contribution in [3.63, 3.8) is 0 Å². The molecule has 1 fully saturated rings. The highest BCUT2D eigenvalue weighted by molar-refractivity contribution is 7.99. The number of hydrogen-bond acceptors (Lipinski definition) is 5. The van der Waals surface area contributed by atoms with Gasteiger partial charge in [0.15, 0.2) is 0 Å². The second-order valence-corrected chi connectivity index (χ2v) is 4.53. The largest absolute Gasteiger partial charge is 0.383 e. The Bertz CT molecular complexity index is 323. The van der Waals surface area contributed by atoms with E-state index in [9.17, 15) is 0 Å². The number of nitrogens with two attached hydrogens (primary N) is 1. The van der Waals surface area contributed by atoms with Gasteiger partial charge in [-0.25, -0.2) is 9.97 Å². The molecule has 1 aromatic rings. The van der Waals surface area contributed by atoms with Gasteiger partial charge >= 0.3 is 0 Å². The summed E-state index contributed by atoms with van der Waals surface area (Å²) < 4.78 is 0. The topological polar surface area (TPSA) is 55.0 Å². The molecular formula is C9H14N4S. The molecule has 1 saturated heterocycles. The summed E-state index contributed by atoms with van der Waals surface area (Å²) >= 11 is 1.99. The van der Waals surface area contributed by atoms with E-state index in [4.69, 9.17) is 5.73 Å². The van der Waals surface area contributed by atoms with E-state index in [1.165, 1.54) is 11.5 Å². The van der Waals surface area contributed by atoms with Gasteiger partial charge in [-0.15, -0.1) is 0 Å². The van der Waals surface area contributed by atoms with E-state index in [2.05, 4.69) is 14.9 Å². The fraction of sp³-hybridized carbons (Fsp3) is 0.556. The van der Waals surface area contributed by atoms with Crippen LogP contribution in [0.3, 0.4) is 0 Å². The van der Waals surface area contributed by atoms with E-state index in [-0.39, 0.29) is 0 Å². The van der Waals surface area contributed by atoms with Crippen LogP contribution in [0.25, 0.3) is 0 Å². The minimum atomic E-state index is 0.591. The highest BCUT2D eigenvalue weighted by atomic mass is 32.2. The summed E-state index contributed by atoms with van der Waals surface area (Å²) in [7, 11) is 0. The molecule has 14 heavy (non-hydrogen) atoms. The molecule has 0 saturated carbocycles. The standard InChI is InChI=1S/C9H14N4S/c1-7-8(10)11-6-12-9(7)13-2-4-14-5-3-13/h6H,2-5H2,1H3,(H2,10,11,12). The average Bonchev–Trinajstić information content (AvgIpc) is 2.23. The number of aromatic nitrogens is 2. The number of nitrogens with zero attached hydrogens (tertiary/aromatic N) is 3. The van der Waals surface area contributed by atoms with Gasteiger partial charge in [0.2, 0.25) is 0 Å². The van der Waals surface area contributed by atoms with Gasteiger partial charge in [0, 0.05) is 30.2 Å². The van der Waals surface area contributed by atoms with Crippen molar-refractivity contribution in [2.45, 2.75) is 6.92 Å². The molecule has 0 aliphatic carbocycles. The number of rotatable bonds is 1. The summed E-state index contributed by atoms with van der Waals surface area (Å²) in [5.74, 6) is 3.93. The number of hydrogen-bond donors (Lipinski definition) is 1. The summed E-state index contributed by atoms with van der Waals surface area (Å²) in [5.41, 5.74) is 6.74. The second-order valence-electron chi connectivity index (χ2n) is 3.31. The quantitative estimate of drug-likeness (QED) is 0.747. The van der Waals surface area contributed by atoms with Crippen molar-refractivity contribution in [2.24, 2.45) is 0 Å². The first-order valence-corrected chi connectivity index (χ1v) is 5.84. The maximum absolute atomic E-state index is 5.74. The molecule has 2 rings (SSSR count). The number of thioether (sulfide) groups is 1. The first kappa shape index (κ1) is 9.58. The molecule has 0 atom stereocenters. The van der Waals surface area contributed by atoms with Crippen molar-refractivity contribution in [2.75, 3.05) is 35.2 Å². The van der Waals surface area contributed by atoms with Gasteiger partial charge < -0.3 is 10.6 Å². The zero-order chi connectivity index (χ0) is 9.97. The van der Waals surface area contributed by atoms with Gasteiger partial charge in [0.1, 0.15) is 18.0 Å². The second kappa shape index (κ2) is 4.04. The average molecular weight is 210 g/mol. The van der Waals surface area contributed by atoms with E-state index in [0.29, 0.717) is 5.82 Å². The smallest absolute Gasteiger partial charge is 0.137 e. The monoisotopic (exact) mass is 210 g/mol. The lowest BCUT2D eigenvalue weighted by Gasteiger charge is -2.28. The first-order valence-electron chi connectivity index (χ1n) is 4.69. The third kappa shape index (κ3) is 1.77. The summed E-state index contributed by atoms with van der Waals surface area (Å²) in [4.78, 5) is 10.5. The SMILES string of the molecule is Cc1c(N)ncnc1N1CCSCC1. The number of nitrogen functional groups attached to an aromatic ring is 1. The zero-order valence-electron chi connectivity index (χ0n) is 8.23. The van der Waals surface area contributed by atoms with Crippen molar-refractivity contribution in [3.8, 4) is 0 Å². The van der Waals surface area contributed by atoms with Gasteiger partial charge in [0.05, 0.1) is 0 Å². The molecule has 0 amide bonds. The molecule has 5 heteroatoms. The summed E-state index contributed by atoms with van der Waals surface area (Å²) in [6.07, 6.45) is 1.54. The highest BCUT2D eigenvalue weighted by Crippen LogP contribution is 2.22. The lowest BCUT2D eigenvalue weighted by molar-refractivity contribution is 0.830. The van der Waals surface area contributed by atoms with Crippen LogP contribution in [0, 0.1) is 6.92 Å². The van der Waals surface area contributed by atoms with Gasteiger partial charge in [-0.3, -0.25) is 0 Å². The molecule has 76 valence electrons. The summed E-state index contributed by atoms with van der Waals surface area (Å²) in [6.45, 7) is 4.09. The van der Waals surface area contributed by atoms with Crippen molar-refractivity contribution < 1.29 is 0 Å². The van der Waals surface area contributed by atoms with Crippen LogP contribution in [0.1, 0.15) is 5.56 Å². The van der Waals surface area contributed by atoms with E-state index < -0.39 is 0 Å². The van der Waals surface area contributed by atoms with Crippen LogP contribution < -0.4 is 10.6 Å². The first-order chi connectivity index (χ1) is 6.79. The minimum Gasteiger partial charge on any atom is -0.383 e. The molecule has 0 radical (unpaired) electrons. The Morgan fingerprint density at radius 1 is 1.36 bits per heavy atom. The highest BCUT2D eigenvalue weighted by Gasteiger charge is 2.15. The van der Waals surface area contributed by atoms with Crippen molar-refractivity contribution in [1.29, 1.82) is 0 Å². The van der Waals surface area contributed by atoms with Crippen LogP contribution in [-0.2, 0) is 0 Å². The van der Waals surface area contributed by atoms with E-state index in [1.807, 2.05) is 18.7 Å². The Hall–Kier alpha value is -0.970. The van der Waals surface area contributed by atoms with Gasteiger partial charge in [-0.1, -0.05) is 0 Å². The van der Waals surface area contributed by atoms with Gasteiger partial charge in [-0.2, -0.15) is 11.8 Å². The molecule has 2 heterocycles. The molecule has 2 N–H and O–H groups in total. The normalized spacial score (nSPS) is 17.1. The third-order valence-corrected chi connectivity index (χ3v) is 3.35. The van der Waals surface area contributed by atoms with Crippen LogP contribution in [0.2, 0.25) is 0 Å². The summed E-state index contributed by atoms with van der Waals surface area (Å²) in [6, 6.07) is 0. The Balaban J connectivity index is 2.26. The Morgan fingerprint density at radius 3 is 2.79 bits per heavy atom. The molecule has 0 aromatic carbocycles. The molecular weight excluding hydrogens is 196 g/mol. The molecule has 0 bridgehead atoms. The molecule has 1 aliphatic rings. The van der Waals surface area contributed by atoms with Gasteiger partial charge in [-0.05, 0) is 6.92 Å². The number of anilines is 2. The Labute approximate surface area is 87.9 Å². The van der Waals surface area contributed by atoms with Crippen molar-refractivity contribution >= 4 is 23.4 Å². The van der Waals surface area contributed by atoms with Gasteiger partial charge in [0.25, 0.3) is 0 Å². The predicted molar refractivity (Wildman–Crippen MR) is 60.7 cm³/mol. The fourth-order valence-electron chi connectivity index (χ4n) is 1.55. The Morgan fingerprint density at radius 2 is 2.07 bits per heavy atom. The van der Waals surface area contributed by atoms with Crippen LogP contribution in [0.4, 0.5) is 11.6 Å². The van der Waals surface area contributed by atoms with E-state index in [1.54, 1.807) is 6.33 Å². The third-order valence-electron chi connectivity index (χ3n) is 2.41. The lowest BCUT2D eigenvalue weighted by Crippen LogP contribution is -2.33. The van der Waals surface area contributed by atoms with Crippen LogP contribution >= 0.6 is 11.8 Å². The van der Waals surface area contributed by atoms with Crippen LogP contribution in [0.15, 0.2) is 6.33 Å². The summed E-state index contributed by atoms with van der Waals surface area (Å²) in [5, 5.41) is 0. The molecule has 1 aromatic heterocycles. The Kier molecular flexibility index (Phi) is 2.77. The molecule has 0 unspecified atom stereocenters. The lowest BCUT2D eigenvalue weighted by atomic mass is 10.3. The minimum absolute atomic E-state index is 0.591. The van der Waals surface area contributed by atoms with Crippen molar-refractivity contribution in [1.82, 2.24) is 9.97 Å². The van der Waals surface area contributed by atoms with Crippen molar-refractivity contribution in [3.05, 3.63) is 11.9 Å². The van der Waals surface area contributed by atoms with E-state index in [0.717, 1.165) is 24.5 Å².